The first-order chi connectivity index (χ1) is 12.2. The van der Waals surface area contributed by atoms with Gasteiger partial charge in [0.05, 0.1) is 0 Å². The van der Waals surface area contributed by atoms with Crippen molar-refractivity contribution in [1.29, 1.82) is 0 Å². The third-order valence-corrected chi connectivity index (χ3v) is 8.92. The molecule has 0 saturated heterocycles. The number of aryl methyl sites for hydroxylation is 4. The van der Waals surface area contributed by atoms with Gasteiger partial charge in [-0.3, -0.25) is 0 Å². The van der Waals surface area contributed by atoms with Gasteiger partial charge < -0.3 is 0 Å². The van der Waals surface area contributed by atoms with E-state index in [1.807, 2.05) is 0 Å². The Morgan fingerprint density at radius 3 is 1.35 bits per heavy atom. The second-order valence-corrected chi connectivity index (χ2v) is 13.6. The molecule has 6 heteroatoms. The van der Waals surface area contributed by atoms with E-state index < -0.39 is 16.5 Å². The maximum absolute atomic E-state index is 6.53. The van der Waals surface area contributed by atoms with Crippen molar-refractivity contribution < 1.29 is 16.5 Å². The molecule has 26 heavy (non-hydrogen) atoms. The van der Waals surface area contributed by atoms with Crippen LogP contribution in [0.1, 0.15) is 45.5 Å². The van der Waals surface area contributed by atoms with E-state index in [2.05, 4.69) is 67.4 Å². The van der Waals surface area contributed by atoms with Crippen LogP contribution in [0.2, 0.25) is 0 Å². The van der Waals surface area contributed by atoms with Gasteiger partial charge in [0.15, 0.2) is 0 Å². The van der Waals surface area contributed by atoms with Crippen molar-refractivity contribution in [2.75, 3.05) is 13.1 Å². The summed E-state index contributed by atoms with van der Waals surface area (Å²) in [5, 5.41) is 0. The van der Waals surface area contributed by atoms with Crippen LogP contribution in [0.3, 0.4) is 0 Å². The van der Waals surface area contributed by atoms with Crippen molar-refractivity contribution in [3.05, 3.63) is 69.8 Å². The molecule has 4 N–H and O–H groups in total. The molecule has 2 aromatic rings. The number of benzene rings is 2. The van der Waals surface area contributed by atoms with Gasteiger partial charge in [0.1, 0.15) is 0 Å². The van der Waals surface area contributed by atoms with E-state index in [9.17, 15) is 0 Å². The molecule has 3 nitrogen and oxygen atoms in total. The molecule has 2 rings (SSSR count). The summed E-state index contributed by atoms with van der Waals surface area (Å²) in [4.78, 5) is 0. The van der Waals surface area contributed by atoms with Gasteiger partial charge in [-0.05, 0) is 0 Å². The third-order valence-electron chi connectivity index (χ3n) is 4.73. The van der Waals surface area contributed by atoms with Crippen molar-refractivity contribution in [3.63, 3.8) is 0 Å². The maximum atomic E-state index is 6.53. The fraction of sp³-hybridized carbons (Fsp3) is 0.400. The van der Waals surface area contributed by atoms with E-state index in [-0.39, 0.29) is 12.1 Å². The predicted molar refractivity (Wildman–Crippen MR) is 109 cm³/mol. The Bertz CT molecular complexity index is 652. The monoisotopic (exact) mass is 577 g/mol. The van der Waals surface area contributed by atoms with E-state index in [0.717, 1.165) is 0 Å². The van der Waals surface area contributed by atoms with Crippen molar-refractivity contribution in [3.8, 4) is 0 Å². The number of halogens is 2. The van der Waals surface area contributed by atoms with Crippen LogP contribution in [0, 0.1) is 27.7 Å². The Hall–Kier alpha value is -0.360. The van der Waals surface area contributed by atoms with Crippen molar-refractivity contribution in [1.82, 2.24) is 3.30 Å². The molecule has 0 aliphatic carbocycles. The molecule has 2 unspecified atom stereocenters. The van der Waals surface area contributed by atoms with Crippen LogP contribution in [-0.4, -0.2) is 16.4 Å². The Balaban J connectivity index is 2.19. The molecular formula is C20H28AuCl2N3. The molecule has 0 heterocycles. The molecule has 0 fully saturated rings. The van der Waals surface area contributed by atoms with Crippen LogP contribution in [0.4, 0.5) is 0 Å². The average Bonchev–Trinajstić information content (AvgIpc) is 2.53. The van der Waals surface area contributed by atoms with Crippen LogP contribution in [0.15, 0.2) is 36.4 Å². The molecule has 148 valence electrons. The van der Waals surface area contributed by atoms with Gasteiger partial charge >= 0.3 is 172 Å². The molecule has 0 radical (unpaired) electrons. The second kappa shape index (κ2) is 9.72. The minimum atomic E-state index is -2.18. The zero-order valence-electron chi connectivity index (χ0n) is 15.7. The average molecular weight is 578 g/mol. The van der Waals surface area contributed by atoms with E-state index in [1.165, 1.54) is 33.4 Å². The SMILES string of the molecule is Cc1cccc(C)c1C(N)C[N](CC(N)c1c(C)cccc1C)[Au]([Cl])[Cl]. The first kappa shape index (κ1) is 21.9. The van der Waals surface area contributed by atoms with E-state index in [4.69, 9.17) is 29.8 Å². The fourth-order valence-corrected chi connectivity index (χ4v) is 6.37. The van der Waals surface area contributed by atoms with E-state index >= 15 is 0 Å². The Morgan fingerprint density at radius 2 is 1.08 bits per heavy atom. The summed E-state index contributed by atoms with van der Waals surface area (Å²) in [7, 11) is 12.8. The summed E-state index contributed by atoms with van der Waals surface area (Å²) in [5.41, 5.74) is 20.2. The Morgan fingerprint density at radius 1 is 0.769 bits per heavy atom. The van der Waals surface area contributed by atoms with Crippen molar-refractivity contribution >= 4 is 18.4 Å². The quantitative estimate of drug-likeness (QED) is 0.466. The fourth-order valence-electron chi connectivity index (χ4n) is 3.56. The first-order valence-corrected chi connectivity index (χ1v) is 14.9. The van der Waals surface area contributed by atoms with Gasteiger partial charge in [0.25, 0.3) is 0 Å². The van der Waals surface area contributed by atoms with Crippen molar-refractivity contribution in [2.45, 2.75) is 39.8 Å². The number of rotatable bonds is 7. The van der Waals surface area contributed by atoms with Crippen LogP contribution in [-0.2, 0) is 16.5 Å². The van der Waals surface area contributed by atoms with Crippen molar-refractivity contribution in [2.24, 2.45) is 11.5 Å². The van der Waals surface area contributed by atoms with Gasteiger partial charge in [-0.15, -0.1) is 0 Å². The minimum absolute atomic E-state index is 0.142. The molecule has 0 aliphatic rings. The molecule has 0 amide bonds. The molecule has 2 atom stereocenters. The number of nitrogens with zero attached hydrogens (tertiary/aromatic N) is 1. The summed E-state index contributed by atoms with van der Waals surface area (Å²) in [6, 6.07) is 12.2. The second-order valence-electron chi connectivity index (χ2n) is 6.75. The summed E-state index contributed by atoms with van der Waals surface area (Å²) < 4.78 is 2.09. The molecule has 0 bridgehead atoms. The first-order valence-electron chi connectivity index (χ1n) is 8.54. The molecule has 0 aliphatic heterocycles. The summed E-state index contributed by atoms with van der Waals surface area (Å²) in [5.74, 6) is 0. The zero-order chi connectivity index (χ0) is 19.4. The molecule has 0 aromatic heterocycles. The standard InChI is InChI=1S/C20H28N3.Au.2ClH/c1-13-7-5-8-14(2)19(13)17(21)11-23-12-18(22)20-15(3)9-6-10-16(20)4;;;/h5-10,17-18H,11-12,21-22H2,1-4H3;;2*1H/q-1;+3;;/p-2. The van der Waals surface area contributed by atoms with Crippen LogP contribution < -0.4 is 11.5 Å². The summed E-state index contributed by atoms with van der Waals surface area (Å²) in [6.07, 6.45) is 0. The van der Waals surface area contributed by atoms with Gasteiger partial charge in [-0.25, -0.2) is 0 Å². The summed E-state index contributed by atoms with van der Waals surface area (Å²) >= 11 is -2.18. The Kier molecular flexibility index (Phi) is 8.20. The van der Waals surface area contributed by atoms with Crippen LogP contribution in [0.25, 0.3) is 0 Å². The molecule has 0 spiro atoms. The number of hydrogen-bond acceptors (Lipinski definition) is 3. The van der Waals surface area contributed by atoms with Gasteiger partial charge in [0.2, 0.25) is 0 Å². The van der Waals surface area contributed by atoms with Crippen LogP contribution in [0.5, 0.6) is 0 Å². The predicted octanol–water partition coefficient (Wildman–Crippen LogP) is 4.76. The van der Waals surface area contributed by atoms with Gasteiger partial charge in [-0.2, -0.15) is 0 Å². The molecule has 0 saturated carbocycles. The summed E-state index contributed by atoms with van der Waals surface area (Å²) in [6.45, 7) is 9.58. The van der Waals surface area contributed by atoms with Gasteiger partial charge in [-0.1, -0.05) is 0 Å². The molecular weight excluding hydrogens is 550 g/mol. The third kappa shape index (κ3) is 5.34. The topological polar surface area (TPSA) is 55.3 Å². The zero-order valence-corrected chi connectivity index (χ0v) is 19.4. The normalized spacial score (nSPS) is 14.4. The Labute approximate surface area is 171 Å². The van der Waals surface area contributed by atoms with E-state index in [1.54, 1.807) is 0 Å². The van der Waals surface area contributed by atoms with Gasteiger partial charge in [0, 0.05) is 0 Å². The number of hydrogen-bond donors (Lipinski definition) is 2. The van der Waals surface area contributed by atoms with Crippen LogP contribution >= 0.6 is 18.4 Å². The van der Waals surface area contributed by atoms with E-state index in [0.29, 0.717) is 13.1 Å². The number of nitrogens with two attached hydrogens (primary N) is 2. The molecule has 2 aromatic carbocycles.